The van der Waals surface area contributed by atoms with Crippen molar-refractivity contribution in [1.82, 2.24) is 20.3 Å². The summed E-state index contributed by atoms with van der Waals surface area (Å²) >= 11 is 0. The van der Waals surface area contributed by atoms with Crippen LogP contribution in [0.2, 0.25) is 0 Å². The molecule has 2 heterocycles. The normalized spacial score (nSPS) is 11.6. The Morgan fingerprint density at radius 2 is 1.96 bits per heavy atom. The van der Waals surface area contributed by atoms with Gasteiger partial charge in [-0.15, -0.1) is 0 Å². The van der Waals surface area contributed by atoms with Gasteiger partial charge in [0, 0.05) is 10.8 Å². The van der Waals surface area contributed by atoms with Crippen molar-refractivity contribution in [2.75, 3.05) is 0 Å². The lowest BCUT2D eigenvalue weighted by molar-refractivity contribution is -0.144. The fourth-order valence-electron chi connectivity index (χ4n) is 2.25. The molecule has 0 saturated heterocycles. The van der Waals surface area contributed by atoms with Gasteiger partial charge in [0.1, 0.15) is 0 Å². The molecule has 1 aromatic carbocycles. The van der Waals surface area contributed by atoms with Crippen molar-refractivity contribution < 1.29 is 14.1 Å². The molecule has 0 unspecified atom stereocenters. The van der Waals surface area contributed by atoms with E-state index in [-0.39, 0.29) is 29.9 Å². The smallest absolute Gasteiger partial charge is 0.312 e. The number of nitrogens with one attached hydrogen (secondary N) is 1. The van der Waals surface area contributed by atoms with E-state index in [9.17, 15) is 9.59 Å². The van der Waals surface area contributed by atoms with E-state index in [1.807, 2.05) is 20.8 Å². The van der Waals surface area contributed by atoms with Crippen LogP contribution in [0.15, 0.2) is 33.6 Å². The van der Waals surface area contributed by atoms with Crippen LogP contribution in [0.1, 0.15) is 38.2 Å². The van der Waals surface area contributed by atoms with Gasteiger partial charge >= 0.3 is 5.97 Å². The van der Waals surface area contributed by atoms with Crippen LogP contribution in [-0.4, -0.2) is 26.3 Å². The van der Waals surface area contributed by atoms with Gasteiger partial charge in [-0.25, -0.2) is 5.10 Å². The molecule has 0 fully saturated rings. The topological polar surface area (TPSA) is 111 Å². The standard InChI is InChI=1S/C17H18N4O4/c1-17(2,3)16-18-13(25-21-16)9-24-14(22)8-12-10-6-4-5-7-11(10)15(23)20-19-12/h4-7H,8-9H2,1-3H3,(H,20,23). The first-order valence-corrected chi connectivity index (χ1v) is 7.79. The average molecular weight is 342 g/mol. The molecule has 0 spiro atoms. The highest BCUT2D eigenvalue weighted by atomic mass is 16.6. The third-order valence-corrected chi connectivity index (χ3v) is 3.58. The lowest BCUT2D eigenvalue weighted by atomic mass is 9.96. The van der Waals surface area contributed by atoms with E-state index in [2.05, 4.69) is 20.3 Å². The Morgan fingerprint density at radius 3 is 2.64 bits per heavy atom. The molecule has 8 nitrogen and oxygen atoms in total. The molecule has 130 valence electrons. The minimum Gasteiger partial charge on any atom is -0.455 e. The monoisotopic (exact) mass is 342 g/mol. The van der Waals surface area contributed by atoms with E-state index in [1.54, 1.807) is 24.3 Å². The van der Waals surface area contributed by atoms with E-state index in [0.717, 1.165) is 0 Å². The fourth-order valence-corrected chi connectivity index (χ4v) is 2.25. The van der Waals surface area contributed by atoms with Crippen LogP contribution in [0.5, 0.6) is 0 Å². The van der Waals surface area contributed by atoms with Gasteiger partial charge in [0.2, 0.25) is 0 Å². The zero-order chi connectivity index (χ0) is 18.0. The molecular weight excluding hydrogens is 324 g/mol. The molecule has 0 radical (unpaired) electrons. The second-order valence-corrected chi connectivity index (χ2v) is 6.64. The van der Waals surface area contributed by atoms with Crippen molar-refractivity contribution in [2.24, 2.45) is 0 Å². The first-order chi connectivity index (χ1) is 11.8. The van der Waals surface area contributed by atoms with Crippen molar-refractivity contribution in [3.8, 4) is 0 Å². The molecule has 25 heavy (non-hydrogen) atoms. The van der Waals surface area contributed by atoms with Gasteiger partial charge in [-0.1, -0.05) is 44.1 Å². The third-order valence-electron chi connectivity index (χ3n) is 3.58. The minimum absolute atomic E-state index is 0.0719. The first-order valence-electron chi connectivity index (χ1n) is 7.79. The third kappa shape index (κ3) is 3.73. The minimum atomic E-state index is -0.500. The molecule has 0 aliphatic rings. The number of esters is 1. The molecule has 8 heteroatoms. The number of nitrogens with zero attached hydrogens (tertiary/aromatic N) is 3. The SMILES string of the molecule is CC(C)(C)c1noc(COC(=O)Cc2n[nH]c(=O)c3ccccc23)n1. The summed E-state index contributed by atoms with van der Waals surface area (Å²) < 4.78 is 10.2. The number of fused-ring (bicyclic) bond motifs is 1. The van der Waals surface area contributed by atoms with Gasteiger partial charge in [0.05, 0.1) is 17.5 Å². The zero-order valence-electron chi connectivity index (χ0n) is 14.2. The predicted molar refractivity (Wildman–Crippen MR) is 88.9 cm³/mol. The molecule has 3 aromatic rings. The Hall–Kier alpha value is -3.03. The van der Waals surface area contributed by atoms with Crippen molar-refractivity contribution in [3.63, 3.8) is 0 Å². The summed E-state index contributed by atoms with van der Waals surface area (Å²) in [6.45, 7) is 5.77. The largest absolute Gasteiger partial charge is 0.455 e. The van der Waals surface area contributed by atoms with Crippen LogP contribution in [-0.2, 0) is 28.0 Å². The molecule has 0 atom stereocenters. The van der Waals surface area contributed by atoms with E-state index < -0.39 is 5.97 Å². The Kier molecular flexibility index (Phi) is 4.35. The summed E-state index contributed by atoms with van der Waals surface area (Å²) in [6, 6.07) is 6.96. The second kappa shape index (κ2) is 6.46. The molecule has 3 rings (SSSR count). The van der Waals surface area contributed by atoms with Crippen LogP contribution in [0, 0.1) is 0 Å². The Bertz CT molecular complexity index is 968. The number of carbonyl (C=O) groups is 1. The molecule has 1 N–H and O–H groups in total. The molecule has 0 amide bonds. The van der Waals surface area contributed by atoms with E-state index in [4.69, 9.17) is 9.26 Å². The lowest BCUT2D eigenvalue weighted by Crippen LogP contribution is -2.15. The number of benzene rings is 1. The Balaban J connectivity index is 1.68. The van der Waals surface area contributed by atoms with Gasteiger partial charge in [-0.2, -0.15) is 10.1 Å². The van der Waals surface area contributed by atoms with Crippen molar-refractivity contribution in [1.29, 1.82) is 0 Å². The number of aromatic amines is 1. The van der Waals surface area contributed by atoms with Gasteiger partial charge in [0.15, 0.2) is 12.4 Å². The van der Waals surface area contributed by atoms with Crippen LogP contribution in [0.3, 0.4) is 0 Å². The zero-order valence-corrected chi connectivity index (χ0v) is 14.2. The number of H-pyrrole nitrogens is 1. The van der Waals surface area contributed by atoms with Crippen LogP contribution in [0.4, 0.5) is 0 Å². The molecule has 0 bridgehead atoms. The van der Waals surface area contributed by atoms with E-state index in [0.29, 0.717) is 22.3 Å². The molecule has 0 aliphatic heterocycles. The first kappa shape index (κ1) is 16.8. The molecule has 0 saturated carbocycles. The van der Waals surface area contributed by atoms with Crippen LogP contribution >= 0.6 is 0 Å². The van der Waals surface area contributed by atoms with E-state index >= 15 is 0 Å². The predicted octanol–water partition coefficient (Wildman–Crippen LogP) is 1.89. The number of aromatic nitrogens is 4. The van der Waals surface area contributed by atoms with Crippen molar-refractivity contribution in [2.45, 2.75) is 39.2 Å². The maximum Gasteiger partial charge on any atom is 0.312 e. The summed E-state index contributed by atoms with van der Waals surface area (Å²) in [5.41, 5.74) is -0.0979. The van der Waals surface area contributed by atoms with Gasteiger partial charge < -0.3 is 9.26 Å². The Labute approximate surface area is 143 Å². The van der Waals surface area contributed by atoms with Gasteiger partial charge in [0.25, 0.3) is 11.4 Å². The number of hydrogen-bond acceptors (Lipinski definition) is 7. The van der Waals surface area contributed by atoms with Crippen molar-refractivity contribution >= 4 is 16.7 Å². The summed E-state index contributed by atoms with van der Waals surface area (Å²) in [6.07, 6.45) is -0.0719. The number of carbonyl (C=O) groups excluding carboxylic acids is 1. The maximum absolute atomic E-state index is 12.1. The highest BCUT2D eigenvalue weighted by Crippen LogP contribution is 2.19. The van der Waals surface area contributed by atoms with E-state index in [1.165, 1.54) is 0 Å². The average Bonchev–Trinajstić information content (AvgIpc) is 3.05. The quantitative estimate of drug-likeness (QED) is 0.721. The summed E-state index contributed by atoms with van der Waals surface area (Å²) in [5, 5.41) is 11.3. The number of rotatable bonds is 4. The Morgan fingerprint density at radius 1 is 1.24 bits per heavy atom. The van der Waals surface area contributed by atoms with Gasteiger partial charge in [-0.3, -0.25) is 9.59 Å². The summed E-state index contributed by atoms with van der Waals surface area (Å²) in [4.78, 5) is 28.0. The van der Waals surface area contributed by atoms with Crippen LogP contribution in [0.25, 0.3) is 10.8 Å². The maximum atomic E-state index is 12.1. The fraction of sp³-hybridized carbons (Fsp3) is 0.353. The highest BCUT2D eigenvalue weighted by molar-refractivity contribution is 5.86. The van der Waals surface area contributed by atoms with Gasteiger partial charge in [-0.05, 0) is 6.07 Å². The molecule has 2 aromatic heterocycles. The number of ether oxygens (including phenoxy) is 1. The molecular formula is C17H18N4O4. The lowest BCUT2D eigenvalue weighted by Gasteiger charge is -2.10. The summed E-state index contributed by atoms with van der Waals surface area (Å²) in [7, 11) is 0. The highest BCUT2D eigenvalue weighted by Gasteiger charge is 2.21. The van der Waals surface area contributed by atoms with Crippen LogP contribution < -0.4 is 5.56 Å². The summed E-state index contributed by atoms with van der Waals surface area (Å²) in [5.74, 6) is 0.282. The van der Waals surface area contributed by atoms with Crippen molar-refractivity contribution in [3.05, 3.63) is 52.0 Å². The number of hydrogen-bond donors (Lipinski definition) is 1. The second-order valence-electron chi connectivity index (χ2n) is 6.64. The molecule has 0 aliphatic carbocycles.